The lowest BCUT2D eigenvalue weighted by molar-refractivity contribution is -0.278. The number of benzene rings is 3. The highest BCUT2D eigenvalue weighted by atomic mass is 16.7. The molecule has 0 saturated carbocycles. The fourth-order valence-corrected chi connectivity index (χ4v) is 6.78. The molecular weight excluding hydrogens is 626 g/mol. The minimum Gasteiger partial charge on any atom is -0.465 e. The molecule has 2 amide bonds. The highest BCUT2D eigenvalue weighted by Gasteiger charge is 2.43. The first kappa shape index (κ1) is 35.0. The summed E-state index contributed by atoms with van der Waals surface area (Å²) in [4.78, 5) is 26.2. The highest BCUT2D eigenvalue weighted by molar-refractivity contribution is 5.80. The second kappa shape index (κ2) is 16.2. The lowest BCUT2D eigenvalue weighted by Gasteiger charge is -2.44. The van der Waals surface area contributed by atoms with E-state index in [1.54, 1.807) is 6.92 Å². The molecule has 0 aliphatic carbocycles. The Bertz CT molecular complexity index is 1550. The highest BCUT2D eigenvalue weighted by Crippen LogP contribution is 2.43. The summed E-state index contributed by atoms with van der Waals surface area (Å²) in [5, 5.41) is 14.9. The average Bonchev–Trinajstić information content (AvgIpc) is 3.60. The minimum atomic E-state index is -0.589. The number of nitrogens with zero attached hydrogens (tertiary/aromatic N) is 1. The van der Waals surface area contributed by atoms with Crippen molar-refractivity contribution < 1.29 is 38.4 Å². The van der Waals surface area contributed by atoms with Gasteiger partial charge in [0.1, 0.15) is 6.54 Å². The summed E-state index contributed by atoms with van der Waals surface area (Å²) in [5.74, 6) is -0.832. The molecule has 3 N–H and O–H groups in total. The molecule has 49 heavy (non-hydrogen) atoms. The molecule has 11 heteroatoms. The Balaban J connectivity index is 1.16. The van der Waals surface area contributed by atoms with Gasteiger partial charge in [-0.2, -0.15) is 0 Å². The van der Waals surface area contributed by atoms with Gasteiger partial charge < -0.3 is 44.3 Å². The molecular formula is C38H47N3O8. The van der Waals surface area contributed by atoms with Crippen LogP contribution >= 0.6 is 0 Å². The van der Waals surface area contributed by atoms with Gasteiger partial charge in [-0.15, -0.1) is 0 Å². The summed E-state index contributed by atoms with van der Waals surface area (Å²) in [5.41, 5.74) is 5.72. The van der Waals surface area contributed by atoms with Crippen molar-refractivity contribution in [3.05, 3.63) is 95.1 Å². The number of likely N-dealkylation sites (tertiary alicyclic amines) is 1. The van der Waals surface area contributed by atoms with Gasteiger partial charge in [0, 0.05) is 50.5 Å². The lowest BCUT2D eigenvalue weighted by Crippen LogP contribution is -2.50. The fraction of sp³-hybridized carbons (Fsp3) is 0.474. The van der Waals surface area contributed by atoms with Gasteiger partial charge in [-0.25, -0.2) is 4.79 Å². The Kier molecular flexibility index (Phi) is 11.6. The third-order valence-corrected chi connectivity index (χ3v) is 9.56. The van der Waals surface area contributed by atoms with Crippen molar-refractivity contribution in [2.75, 3.05) is 46.0 Å². The number of carbonyl (C=O) groups excluding carboxylic acids is 2. The van der Waals surface area contributed by atoms with Crippen molar-refractivity contribution in [2.45, 2.75) is 64.1 Å². The Morgan fingerprint density at radius 3 is 2.33 bits per heavy atom. The second-order valence-corrected chi connectivity index (χ2v) is 12.9. The number of piperidine rings is 1. The fourth-order valence-electron chi connectivity index (χ4n) is 6.78. The predicted molar refractivity (Wildman–Crippen MR) is 182 cm³/mol. The number of hydrogen-bond donors (Lipinski definition) is 3. The Labute approximate surface area is 287 Å². The summed E-state index contributed by atoms with van der Waals surface area (Å²) in [6.45, 7) is 8.12. The number of esters is 1. The molecule has 0 radical (unpaired) electrons. The van der Waals surface area contributed by atoms with Crippen molar-refractivity contribution in [2.24, 2.45) is 5.92 Å². The normalized spacial score (nSPS) is 23.7. The van der Waals surface area contributed by atoms with Gasteiger partial charge in [0.15, 0.2) is 12.1 Å². The molecule has 6 rings (SSSR count). The molecule has 262 valence electrons. The van der Waals surface area contributed by atoms with Crippen LogP contribution in [0.5, 0.6) is 0 Å². The van der Waals surface area contributed by atoms with E-state index in [2.05, 4.69) is 28.5 Å². The van der Waals surface area contributed by atoms with Crippen LogP contribution in [0.2, 0.25) is 0 Å². The zero-order chi connectivity index (χ0) is 34.2. The molecule has 0 unspecified atom stereocenters. The van der Waals surface area contributed by atoms with Crippen molar-refractivity contribution in [1.29, 1.82) is 0 Å². The molecule has 3 heterocycles. The van der Waals surface area contributed by atoms with E-state index in [0.29, 0.717) is 19.8 Å². The Morgan fingerprint density at radius 2 is 1.61 bits per heavy atom. The molecule has 3 fully saturated rings. The van der Waals surface area contributed by atoms with Gasteiger partial charge in [0.2, 0.25) is 0 Å². The van der Waals surface area contributed by atoms with Crippen molar-refractivity contribution in [3.63, 3.8) is 0 Å². The first-order valence-electron chi connectivity index (χ1n) is 17.2. The maximum Gasteiger partial charge on any atom is 0.325 e. The Hall–Kier alpha value is -3.84. The predicted octanol–water partition coefficient (Wildman–Crippen LogP) is 4.84. The number of aliphatic hydroxyl groups is 1. The summed E-state index contributed by atoms with van der Waals surface area (Å²) in [6, 6.07) is 23.7. The van der Waals surface area contributed by atoms with Gasteiger partial charge in [-0.3, -0.25) is 4.79 Å². The number of carbonyl (C=O) groups is 2. The van der Waals surface area contributed by atoms with Crippen LogP contribution in [-0.2, 0) is 41.6 Å². The van der Waals surface area contributed by atoms with Crippen molar-refractivity contribution in [3.8, 4) is 11.1 Å². The molecule has 3 aliphatic rings. The average molecular weight is 674 g/mol. The van der Waals surface area contributed by atoms with E-state index in [4.69, 9.17) is 23.7 Å². The molecule has 4 atom stereocenters. The summed E-state index contributed by atoms with van der Waals surface area (Å²) >= 11 is 0. The first-order valence-corrected chi connectivity index (χ1v) is 17.2. The zero-order valence-corrected chi connectivity index (χ0v) is 28.3. The molecule has 11 nitrogen and oxygen atoms in total. The largest absolute Gasteiger partial charge is 0.465 e. The topological polar surface area (TPSA) is 128 Å². The van der Waals surface area contributed by atoms with E-state index in [9.17, 15) is 14.7 Å². The van der Waals surface area contributed by atoms with Crippen LogP contribution in [0, 0.1) is 5.92 Å². The number of hydrogen-bond acceptors (Lipinski definition) is 9. The zero-order valence-electron chi connectivity index (χ0n) is 28.3. The van der Waals surface area contributed by atoms with Crippen LogP contribution in [0.15, 0.2) is 72.8 Å². The Morgan fingerprint density at radius 1 is 0.898 bits per heavy atom. The van der Waals surface area contributed by atoms with Crippen LogP contribution in [0.25, 0.3) is 11.1 Å². The SMILES string of the molecule is CCOC(=O)CNC(=O)NCc1cccc(-c2cccc([C@@H]3O[C@H](CN4CCC5(CC4)OCCO5)[C@H](C)[C@H](c4ccc(CO)cc4)O3)c2)c1. The van der Waals surface area contributed by atoms with E-state index < -0.39 is 24.1 Å². The van der Waals surface area contributed by atoms with E-state index in [0.717, 1.165) is 65.9 Å². The van der Waals surface area contributed by atoms with E-state index >= 15 is 0 Å². The van der Waals surface area contributed by atoms with Crippen LogP contribution in [0.4, 0.5) is 4.79 Å². The third-order valence-electron chi connectivity index (χ3n) is 9.56. The summed E-state index contributed by atoms with van der Waals surface area (Å²) in [7, 11) is 0. The lowest BCUT2D eigenvalue weighted by atomic mass is 9.89. The number of nitrogens with one attached hydrogen (secondary N) is 2. The van der Waals surface area contributed by atoms with Crippen molar-refractivity contribution >= 4 is 12.0 Å². The van der Waals surface area contributed by atoms with E-state index in [1.165, 1.54) is 0 Å². The monoisotopic (exact) mass is 673 g/mol. The van der Waals surface area contributed by atoms with Crippen molar-refractivity contribution in [1.82, 2.24) is 15.5 Å². The number of amides is 2. The molecule has 3 saturated heterocycles. The molecule has 3 aromatic carbocycles. The van der Waals surface area contributed by atoms with E-state index in [1.807, 2.05) is 66.7 Å². The van der Waals surface area contributed by atoms with Crippen LogP contribution in [-0.4, -0.2) is 79.9 Å². The van der Waals surface area contributed by atoms with Gasteiger partial charge in [-0.1, -0.05) is 67.6 Å². The quantitative estimate of drug-likeness (QED) is 0.245. The number of urea groups is 1. The van der Waals surface area contributed by atoms with Gasteiger partial charge >= 0.3 is 12.0 Å². The maximum atomic E-state index is 12.2. The molecule has 3 aliphatic heterocycles. The van der Waals surface area contributed by atoms with E-state index in [-0.39, 0.29) is 37.9 Å². The van der Waals surface area contributed by atoms with Gasteiger partial charge in [0.25, 0.3) is 0 Å². The van der Waals surface area contributed by atoms with Gasteiger partial charge in [0.05, 0.1) is 38.6 Å². The van der Waals surface area contributed by atoms with Crippen LogP contribution < -0.4 is 10.6 Å². The molecule has 1 spiro atoms. The maximum absolute atomic E-state index is 12.2. The molecule has 0 bridgehead atoms. The smallest absolute Gasteiger partial charge is 0.325 e. The number of ether oxygens (including phenoxy) is 5. The second-order valence-electron chi connectivity index (χ2n) is 12.9. The standard InChI is InChI=1S/C38H47N3O8/c1-3-45-34(43)23-40-37(44)39-22-28-6-4-7-30(20-28)31-8-5-9-32(21-31)36-48-33(24-41-16-14-38(15-17-41)46-18-19-47-38)26(2)35(49-36)29-12-10-27(25-42)11-13-29/h4-13,20-21,26,33,35-36,42H,3,14-19,22-25H2,1-2H3,(H2,39,40,44)/t26-,33+,35+,36+/m0/s1. The first-order chi connectivity index (χ1) is 23.8. The van der Waals surface area contributed by atoms with Crippen LogP contribution in [0.1, 0.15) is 61.3 Å². The van der Waals surface area contributed by atoms with Gasteiger partial charge in [-0.05, 0) is 46.9 Å². The number of aliphatic hydroxyl groups excluding tert-OH is 1. The number of rotatable bonds is 11. The molecule has 0 aromatic heterocycles. The van der Waals surface area contributed by atoms with Crippen LogP contribution in [0.3, 0.4) is 0 Å². The third kappa shape index (κ3) is 8.85. The molecule has 3 aromatic rings. The summed E-state index contributed by atoms with van der Waals surface area (Å²) in [6.07, 6.45) is 0.800. The summed E-state index contributed by atoms with van der Waals surface area (Å²) < 4.78 is 30.3. The minimum absolute atomic E-state index is 0.00761.